The number of hydrogen-bond donors (Lipinski definition) is 0. The predicted molar refractivity (Wildman–Crippen MR) is 117 cm³/mol. The zero-order valence-corrected chi connectivity index (χ0v) is 18.6. The molecule has 7 heteroatoms. The largest absolute Gasteiger partial charge is 0.494 e. The maximum absolute atomic E-state index is 13.4. The highest BCUT2D eigenvalue weighted by atomic mass is 35.5. The van der Waals surface area contributed by atoms with Crippen LogP contribution in [0.4, 0.5) is 5.69 Å². The summed E-state index contributed by atoms with van der Waals surface area (Å²) >= 11 is 12.8. The van der Waals surface area contributed by atoms with Crippen molar-refractivity contribution in [1.82, 2.24) is 0 Å². The smallest absolute Gasteiger partial charge is 0.292 e. The van der Waals surface area contributed by atoms with Gasteiger partial charge in [-0.1, -0.05) is 49.2 Å². The molecule has 2 aromatic carbocycles. The molecule has 0 unspecified atom stereocenters. The number of anilines is 1. The van der Waals surface area contributed by atoms with E-state index in [9.17, 15) is 4.79 Å². The Morgan fingerprint density at radius 3 is 2.47 bits per heavy atom. The first kappa shape index (κ1) is 21.4. The summed E-state index contributed by atoms with van der Waals surface area (Å²) in [7, 11) is 0. The summed E-state index contributed by atoms with van der Waals surface area (Å²) in [6.07, 6.45) is 1.74. The van der Waals surface area contributed by atoms with E-state index in [-0.39, 0.29) is 5.91 Å². The topological polar surface area (TPSA) is 48.0 Å². The van der Waals surface area contributed by atoms with Crippen molar-refractivity contribution in [2.24, 2.45) is 5.92 Å². The van der Waals surface area contributed by atoms with Gasteiger partial charge in [0.2, 0.25) is 0 Å². The fourth-order valence-electron chi connectivity index (χ4n) is 3.71. The fourth-order valence-corrected chi connectivity index (χ4v) is 4.13. The molecule has 30 heavy (non-hydrogen) atoms. The summed E-state index contributed by atoms with van der Waals surface area (Å²) in [5.41, 5.74) is 2.10. The standard InChI is InChI=1S/C23H25Cl2NO4/c1-15(2)10-13-28-17-6-4-16(5-7-17)14-26-21-18(8-9-19(24)20(21)25)23(22(26)27)29-11-3-12-30-23/h4-9,15H,3,10-14H2,1-2H3. The van der Waals surface area contributed by atoms with Crippen molar-refractivity contribution in [3.8, 4) is 5.75 Å². The van der Waals surface area contributed by atoms with Gasteiger partial charge in [0.05, 0.1) is 42.1 Å². The van der Waals surface area contributed by atoms with Crippen molar-refractivity contribution < 1.29 is 19.0 Å². The number of ether oxygens (including phenoxy) is 3. The molecule has 1 spiro atoms. The summed E-state index contributed by atoms with van der Waals surface area (Å²) in [6, 6.07) is 11.2. The van der Waals surface area contributed by atoms with E-state index in [1.807, 2.05) is 24.3 Å². The van der Waals surface area contributed by atoms with E-state index in [1.54, 1.807) is 17.0 Å². The molecule has 1 amide bonds. The highest BCUT2D eigenvalue weighted by Crippen LogP contribution is 2.50. The molecule has 0 saturated carbocycles. The maximum atomic E-state index is 13.4. The van der Waals surface area contributed by atoms with E-state index < -0.39 is 5.79 Å². The third-order valence-electron chi connectivity index (χ3n) is 5.35. The molecule has 0 aliphatic carbocycles. The van der Waals surface area contributed by atoms with Crippen LogP contribution in [-0.4, -0.2) is 25.7 Å². The molecular formula is C23H25Cl2NO4. The van der Waals surface area contributed by atoms with Crippen LogP contribution in [-0.2, 0) is 26.6 Å². The lowest BCUT2D eigenvalue weighted by Gasteiger charge is -2.32. The molecule has 2 aromatic rings. The molecule has 5 nitrogen and oxygen atoms in total. The van der Waals surface area contributed by atoms with Crippen molar-refractivity contribution in [3.05, 3.63) is 57.6 Å². The molecule has 0 bridgehead atoms. The molecule has 1 saturated heterocycles. The van der Waals surface area contributed by atoms with Crippen molar-refractivity contribution in [1.29, 1.82) is 0 Å². The van der Waals surface area contributed by atoms with Crippen LogP contribution in [0, 0.1) is 5.92 Å². The van der Waals surface area contributed by atoms with E-state index in [1.165, 1.54) is 0 Å². The average molecular weight is 450 g/mol. The van der Waals surface area contributed by atoms with Gasteiger partial charge in [-0.05, 0) is 48.6 Å². The number of halogens is 2. The van der Waals surface area contributed by atoms with Crippen LogP contribution in [0.5, 0.6) is 5.75 Å². The summed E-state index contributed by atoms with van der Waals surface area (Å²) < 4.78 is 17.5. The molecule has 1 fully saturated rings. The van der Waals surface area contributed by atoms with Crippen LogP contribution < -0.4 is 9.64 Å². The quantitative estimate of drug-likeness (QED) is 0.579. The van der Waals surface area contributed by atoms with Gasteiger partial charge in [0.1, 0.15) is 5.75 Å². The van der Waals surface area contributed by atoms with Crippen LogP contribution in [0.1, 0.15) is 37.8 Å². The van der Waals surface area contributed by atoms with Crippen LogP contribution in [0.25, 0.3) is 0 Å². The van der Waals surface area contributed by atoms with Gasteiger partial charge in [0.15, 0.2) is 0 Å². The number of fused-ring (bicyclic) bond motifs is 2. The second-order valence-corrected chi connectivity index (χ2v) is 8.78. The van der Waals surface area contributed by atoms with Crippen LogP contribution in [0.15, 0.2) is 36.4 Å². The van der Waals surface area contributed by atoms with E-state index in [0.29, 0.717) is 53.6 Å². The number of rotatable bonds is 6. The second-order valence-electron chi connectivity index (χ2n) is 7.99. The van der Waals surface area contributed by atoms with Gasteiger partial charge in [-0.2, -0.15) is 0 Å². The Kier molecular flexibility index (Phi) is 6.26. The molecule has 160 valence electrons. The number of benzene rings is 2. The first-order chi connectivity index (χ1) is 14.4. The Hall–Kier alpha value is -1.79. The molecular weight excluding hydrogens is 425 g/mol. The Morgan fingerprint density at radius 1 is 1.10 bits per heavy atom. The Balaban J connectivity index is 1.59. The van der Waals surface area contributed by atoms with Gasteiger partial charge in [0.25, 0.3) is 11.7 Å². The normalized spacial score (nSPS) is 17.6. The predicted octanol–water partition coefficient (Wildman–Crippen LogP) is 5.55. The van der Waals surface area contributed by atoms with Gasteiger partial charge >= 0.3 is 0 Å². The van der Waals surface area contributed by atoms with Crippen LogP contribution in [0.2, 0.25) is 10.0 Å². The first-order valence-corrected chi connectivity index (χ1v) is 11.0. The highest BCUT2D eigenvalue weighted by molar-refractivity contribution is 6.44. The summed E-state index contributed by atoms with van der Waals surface area (Å²) in [5.74, 6) is -0.317. The van der Waals surface area contributed by atoms with Gasteiger partial charge in [-0.3, -0.25) is 4.79 Å². The molecule has 0 radical (unpaired) electrons. The fraction of sp³-hybridized carbons (Fsp3) is 0.435. The van der Waals surface area contributed by atoms with Crippen molar-refractivity contribution >= 4 is 34.8 Å². The molecule has 0 N–H and O–H groups in total. The second kappa shape index (κ2) is 8.75. The molecule has 2 heterocycles. The minimum atomic E-state index is -1.44. The lowest BCUT2D eigenvalue weighted by Crippen LogP contribution is -2.47. The van der Waals surface area contributed by atoms with Gasteiger partial charge in [-0.15, -0.1) is 0 Å². The van der Waals surface area contributed by atoms with Gasteiger partial charge in [0, 0.05) is 5.56 Å². The zero-order chi connectivity index (χ0) is 21.3. The Morgan fingerprint density at radius 2 is 1.80 bits per heavy atom. The first-order valence-electron chi connectivity index (χ1n) is 10.2. The van der Waals surface area contributed by atoms with E-state index >= 15 is 0 Å². The van der Waals surface area contributed by atoms with E-state index in [4.69, 9.17) is 37.4 Å². The van der Waals surface area contributed by atoms with Crippen molar-refractivity contribution in [3.63, 3.8) is 0 Å². The van der Waals surface area contributed by atoms with Gasteiger partial charge < -0.3 is 19.1 Å². The van der Waals surface area contributed by atoms with E-state index in [0.717, 1.165) is 24.2 Å². The average Bonchev–Trinajstić information content (AvgIpc) is 2.95. The summed E-state index contributed by atoms with van der Waals surface area (Å²) in [5, 5.41) is 0.709. The number of amides is 1. The number of hydrogen-bond acceptors (Lipinski definition) is 4. The Labute approximate surface area is 186 Å². The number of carbonyl (C=O) groups excluding carboxylic acids is 1. The van der Waals surface area contributed by atoms with Crippen LogP contribution >= 0.6 is 23.2 Å². The van der Waals surface area contributed by atoms with Crippen molar-refractivity contribution in [2.75, 3.05) is 24.7 Å². The maximum Gasteiger partial charge on any atom is 0.292 e. The zero-order valence-electron chi connectivity index (χ0n) is 17.1. The van der Waals surface area contributed by atoms with E-state index in [2.05, 4.69) is 13.8 Å². The number of nitrogens with zero attached hydrogens (tertiary/aromatic N) is 1. The minimum Gasteiger partial charge on any atom is -0.494 e. The third kappa shape index (κ3) is 3.92. The molecule has 0 atom stereocenters. The lowest BCUT2D eigenvalue weighted by molar-refractivity contribution is -0.256. The SMILES string of the molecule is CC(C)CCOc1ccc(CN2C(=O)C3(OCCCO3)c3ccc(Cl)c(Cl)c32)cc1. The minimum absolute atomic E-state index is 0.279. The van der Waals surface area contributed by atoms with Crippen LogP contribution in [0.3, 0.4) is 0 Å². The van der Waals surface area contributed by atoms with Crippen molar-refractivity contribution in [2.45, 2.75) is 39.0 Å². The third-order valence-corrected chi connectivity index (χ3v) is 6.14. The summed E-state index contributed by atoms with van der Waals surface area (Å²) in [6.45, 7) is 6.23. The summed E-state index contributed by atoms with van der Waals surface area (Å²) in [4.78, 5) is 15.0. The molecule has 0 aromatic heterocycles. The van der Waals surface area contributed by atoms with Gasteiger partial charge in [-0.25, -0.2) is 0 Å². The number of carbonyl (C=O) groups is 1. The lowest BCUT2D eigenvalue weighted by atomic mass is 10.1. The molecule has 2 aliphatic rings. The molecule has 4 rings (SSSR count). The Bertz CT molecular complexity index is 924. The monoisotopic (exact) mass is 449 g/mol. The molecule has 2 aliphatic heterocycles. The highest BCUT2D eigenvalue weighted by Gasteiger charge is 2.55.